The van der Waals surface area contributed by atoms with E-state index in [4.69, 9.17) is 10.3 Å². The highest BCUT2D eigenvalue weighted by atomic mass is 33.1. The smallest absolute Gasteiger partial charge is 0.320 e. The molecule has 4 bridgehead atoms. The van der Waals surface area contributed by atoms with Crippen molar-refractivity contribution in [1.82, 2.24) is 0 Å². The van der Waals surface area contributed by atoms with Crippen molar-refractivity contribution in [3.8, 4) is 0 Å². The monoisotopic (exact) mass is 346 g/mol. The zero-order valence-corrected chi connectivity index (χ0v) is 15.0. The average Bonchev–Trinajstić information content (AvgIpc) is 2.28. The molecule has 0 aromatic carbocycles. The van der Waals surface area contributed by atoms with Crippen LogP contribution in [0.5, 0.6) is 0 Å². The molecule has 4 rings (SSSR count). The molecule has 4 aliphatic carbocycles. The van der Waals surface area contributed by atoms with Gasteiger partial charge in [-0.2, -0.15) is 8.42 Å². The van der Waals surface area contributed by atoms with E-state index in [1.54, 1.807) is 0 Å². The van der Waals surface area contributed by atoms with Crippen LogP contribution in [-0.2, 0) is 9.15 Å². The first kappa shape index (κ1) is 16.6. The van der Waals surface area contributed by atoms with Crippen LogP contribution in [0, 0.1) is 22.2 Å². The molecule has 0 amide bonds. The highest BCUT2D eigenvalue weighted by molar-refractivity contribution is 8.70. The lowest BCUT2D eigenvalue weighted by Crippen LogP contribution is -2.56. The van der Waals surface area contributed by atoms with E-state index in [1.807, 2.05) is 0 Å². The molecule has 0 aromatic rings. The van der Waals surface area contributed by atoms with Gasteiger partial charge in [-0.3, -0.25) is 9.55 Å². The van der Waals surface area contributed by atoms with Crippen molar-refractivity contribution in [2.24, 2.45) is 32.9 Å². The Labute approximate surface area is 136 Å². The molecule has 126 valence electrons. The van der Waals surface area contributed by atoms with Crippen LogP contribution >= 0.6 is 10.8 Å². The number of rotatable bonds is 5. The van der Waals surface area contributed by atoms with E-state index in [0.29, 0.717) is 34.0 Å². The first-order valence-corrected chi connectivity index (χ1v) is 10.9. The maximum Gasteiger partial charge on any atom is 0.320 e. The van der Waals surface area contributed by atoms with Crippen LogP contribution in [0.25, 0.3) is 0 Å². The normalized spacial score (nSPS) is 44.5. The highest BCUT2D eigenvalue weighted by Crippen LogP contribution is 2.69. The fraction of sp³-hybridized carbons (Fsp3) is 0.933. The summed E-state index contributed by atoms with van der Waals surface area (Å²) in [7, 11) is -3.62. The molecule has 22 heavy (non-hydrogen) atoms. The lowest BCUT2D eigenvalue weighted by atomic mass is 9.40. The molecule has 4 aliphatic rings. The van der Waals surface area contributed by atoms with Crippen molar-refractivity contribution in [1.29, 1.82) is 0 Å². The van der Waals surface area contributed by atoms with Gasteiger partial charge < -0.3 is 5.73 Å². The molecule has 4 fully saturated rings. The quantitative estimate of drug-likeness (QED) is 0.345. The van der Waals surface area contributed by atoms with Gasteiger partial charge in [0.2, 0.25) is 0 Å². The van der Waals surface area contributed by atoms with Crippen molar-refractivity contribution in [3.63, 3.8) is 0 Å². The molecule has 3 N–H and O–H groups in total. The van der Waals surface area contributed by atoms with Crippen molar-refractivity contribution >= 4 is 25.8 Å². The van der Waals surface area contributed by atoms with Gasteiger partial charge in [-0.25, -0.2) is 0 Å². The predicted octanol–water partition coefficient (Wildman–Crippen LogP) is 2.88. The second-order valence-corrected chi connectivity index (χ2v) is 12.0. The Kier molecular flexibility index (Phi) is 3.85. The highest BCUT2D eigenvalue weighted by Gasteiger charge is 2.59. The van der Waals surface area contributed by atoms with Gasteiger partial charge in [0.25, 0.3) is 0 Å². The Hall–Kier alpha value is -0.270. The van der Waals surface area contributed by atoms with E-state index >= 15 is 0 Å². The fourth-order valence-electron chi connectivity index (χ4n) is 6.31. The molecule has 0 aromatic heterocycles. The van der Waals surface area contributed by atoms with E-state index in [2.05, 4.69) is 18.8 Å². The van der Waals surface area contributed by atoms with Crippen molar-refractivity contribution in [2.45, 2.75) is 52.4 Å². The minimum Gasteiger partial charge on any atom is -0.387 e. The minimum atomic E-state index is -4.05. The summed E-state index contributed by atoms with van der Waals surface area (Å²) in [5, 5.41) is 0. The summed E-state index contributed by atoms with van der Waals surface area (Å²) in [5.74, 6) is 1.16. The zero-order chi connectivity index (χ0) is 16.2. The second-order valence-electron chi connectivity index (χ2n) is 8.63. The lowest BCUT2D eigenvalue weighted by molar-refractivity contribution is -0.140. The van der Waals surface area contributed by atoms with Gasteiger partial charge in [-0.05, 0) is 60.7 Å². The number of nitrogens with zero attached hydrogens (tertiary/aromatic N) is 1. The van der Waals surface area contributed by atoms with Crippen LogP contribution < -0.4 is 5.73 Å². The first-order chi connectivity index (χ1) is 10.0. The number of amidine groups is 1. The molecule has 4 atom stereocenters. The van der Waals surface area contributed by atoms with Crippen LogP contribution in [0.4, 0.5) is 0 Å². The van der Waals surface area contributed by atoms with Gasteiger partial charge in [0.05, 0.1) is 5.75 Å². The minimum absolute atomic E-state index is 0.0346. The van der Waals surface area contributed by atoms with E-state index in [1.165, 1.54) is 38.5 Å². The zero-order valence-electron chi connectivity index (χ0n) is 13.3. The van der Waals surface area contributed by atoms with Crippen molar-refractivity contribution in [2.75, 3.05) is 12.3 Å². The van der Waals surface area contributed by atoms with Gasteiger partial charge in [0, 0.05) is 17.3 Å². The summed E-state index contributed by atoms with van der Waals surface area (Å²) >= 11 is 0. The van der Waals surface area contributed by atoms with Crippen LogP contribution in [0.1, 0.15) is 52.4 Å². The van der Waals surface area contributed by atoms with Gasteiger partial charge in [-0.15, -0.1) is 0 Å². The van der Waals surface area contributed by atoms with Crippen molar-refractivity contribution in [3.05, 3.63) is 0 Å². The number of hydrogen-bond donors (Lipinski definition) is 2. The molecule has 2 unspecified atom stereocenters. The third-order valence-corrected chi connectivity index (χ3v) is 7.67. The van der Waals surface area contributed by atoms with Crippen LogP contribution in [0.3, 0.4) is 0 Å². The summed E-state index contributed by atoms with van der Waals surface area (Å²) in [6.45, 7) is 5.55. The standard InChI is InChI=1S/C15H26N2O3S2/c1-13-3-11-4-14(2,7-13)9-15(5-11,8-13)10-17-12(16)6-21-22(18,19)20/h11H,3-10H2,1-2H3,(H2,16,17)(H,18,19,20)/t11?,13-,14+,15?. The SMILES string of the molecule is C[C@]12CC3CC(CN=C(N)CSS(=O)(=O)O)(C1)C[C@@](C)(C3)C2. The van der Waals surface area contributed by atoms with Gasteiger partial charge in [0.15, 0.2) is 0 Å². The number of hydrogen-bond acceptors (Lipinski definition) is 4. The molecule has 0 radical (unpaired) electrons. The molecule has 5 nitrogen and oxygen atoms in total. The Morgan fingerprint density at radius 1 is 1.23 bits per heavy atom. The second kappa shape index (κ2) is 5.11. The van der Waals surface area contributed by atoms with Crippen molar-refractivity contribution < 1.29 is 13.0 Å². The van der Waals surface area contributed by atoms with E-state index in [0.717, 1.165) is 5.92 Å². The molecule has 4 saturated carbocycles. The van der Waals surface area contributed by atoms with Crippen LogP contribution in [0.2, 0.25) is 0 Å². The Bertz CT molecular complexity index is 584. The third-order valence-electron chi connectivity index (χ3n) is 5.72. The maximum absolute atomic E-state index is 10.8. The summed E-state index contributed by atoms with van der Waals surface area (Å²) in [6.07, 6.45) is 7.70. The largest absolute Gasteiger partial charge is 0.387 e. The predicted molar refractivity (Wildman–Crippen MR) is 90.3 cm³/mol. The Balaban J connectivity index is 1.70. The first-order valence-electron chi connectivity index (χ1n) is 7.91. The molecule has 0 spiro atoms. The lowest BCUT2D eigenvalue weighted by Gasteiger charge is -2.65. The molecular formula is C15H26N2O3S2. The third kappa shape index (κ3) is 3.46. The Morgan fingerprint density at radius 2 is 1.82 bits per heavy atom. The molecule has 7 heteroatoms. The van der Waals surface area contributed by atoms with E-state index < -0.39 is 9.15 Å². The summed E-state index contributed by atoms with van der Waals surface area (Å²) in [6, 6.07) is 0. The van der Waals surface area contributed by atoms with Crippen LogP contribution in [-0.4, -0.2) is 31.1 Å². The number of aliphatic imine (C=N–C) groups is 1. The summed E-state index contributed by atoms with van der Waals surface area (Å²) in [4.78, 5) is 4.48. The van der Waals surface area contributed by atoms with E-state index in [9.17, 15) is 8.42 Å². The summed E-state index contributed by atoms with van der Waals surface area (Å²) in [5.41, 5.74) is 6.97. The fourth-order valence-corrected chi connectivity index (χ4v) is 7.48. The molecular weight excluding hydrogens is 320 g/mol. The molecule has 0 aliphatic heterocycles. The topological polar surface area (TPSA) is 92.8 Å². The maximum atomic E-state index is 10.8. The molecule has 0 saturated heterocycles. The van der Waals surface area contributed by atoms with E-state index in [-0.39, 0.29) is 11.2 Å². The van der Waals surface area contributed by atoms with Crippen LogP contribution in [0.15, 0.2) is 4.99 Å². The van der Waals surface area contributed by atoms with Gasteiger partial charge in [-0.1, -0.05) is 13.8 Å². The summed E-state index contributed by atoms with van der Waals surface area (Å²) < 4.78 is 30.3. The number of nitrogens with two attached hydrogens (primary N) is 1. The average molecular weight is 347 g/mol. The van der Waals surface area contributed by atoms with Gasteiger partial charge in [0.1, 0.15) is 5.84 Å². The van der Waals surface area contributed by atoms with Gasteiger partial charge >= 0.3 is 9.15 Å². The molecule has 0 heterocycles. The Morgan fingerprint density at radius 3 is 2.32 bits per heavy atom.